The molecule has 0 saturated heterocycles. The number of nitrogens with two attached hydrogens (primary N) is 2. The molecule has 45 heavy (non-hydrogen) atoms. The minimum absolute atomic E-state index is 0.102. The van der Waals surface area contributed by atoms with Crippen molar-refractivity contribution in [1.82, 2.24) is 0 Å². The third kappa shape index (κ3) is 8.70. The SMILES string of the molecule is CCCCOc1c(Sc2ccc(N(CCCC)CCCC)cc2)c(Sc2ccccc2N)c(OCCCC)c2c1C(=N)N=C2N. The van der Waals surface area contributed by atoms with E-state index in [1.807, 2.05) is 24.3 Å². The number of hydrogen-bond donors (Lipinski definition) is 3. The quantitative estimate of drug-likeness (QED) is 0.0878. The molecule has 3 aromatic rings. The third-order valence-corrected chi connectivity index (χ3v) is 10.1. The largest absolute Gasteiger partial charge is 0.492 e. The molecule has 1 aliphatic rings. The minimum Gasteiger partial charge on any atom is -0.492 e. The fourth-order valence-corrected chi connectivity index (χ4v) is 7.24. The lowest BCUT2D eigenvalue weighted by Crippen LogP contribution is -2.25. The van der Waals surface area contributed by atoms with Gasteiger partial charge in [-0.05, 0) is 62.1 Å². The Balaban J connectivity index is 1.86. The Hall–Kier alpha value is -3.30. The van der Waals surface area contributed by atoms with E-state index >= 15 is 0 Å². The van der Waals surface area contributed by atoms with Gasteiger partial charge in [0.1, 0.15) is 17.3 Å². The van der Waals surface area contributed by atoms with Crippen molar-refractivity contribution in [2.45, 2.75) is 98.6 Å². The van der Waals surface area contributed by atoms with Crippen LogP contribution in [0.15, 0.2) is 73.1 Å². The van der Waals surface area contributed by atoms with E-state index in [4.69, 9.17) is 26.4 Å². The van der Waals surface area contributed by atoms with Crippen LogP contribution >= 0.6 is 23.5 Å². The summed E-state index contributed by atoms with van der Waals surface area (Å²) >= 11 is 3.18. The molecular weight excluding hydrogens is 599 g/mol. The second-order valence-corrected chi connectivity index (χ2v) is 13.4. The summed E-state index contributed by atoms with van der Waals surface area (Å²) in [5.74, 6) is 1.66. The van der Waals surface area contributed by atoms with E-state index in [-0.39, 0.29) is 11.7 Å². The van der Waals surface area contributed by atoms with Crippen LogP contribution in [-0.4, -0.2) is 38.0 Å². The van der Waals surface area contributed by atoms with Gasteiger partial charge in [-0.25, -0.2) is 4.99 Å². The summed E-state index contributed by atoms with van der Waals surface area (Å²) in [5.41, 5.74) is 16.1. The van der Waals surface area contributed by atoms with E-state index in [0.29, 0.717) is 41.5 Å². The standard InChI is InChI=1S/C36H49N5O2S2/c1-5-9-21-41(22-10-6-2)25-17-19-26(20-18-25)44-33-31(42-23-11-7-3)29-30(36(39)40-35(29)38)32(43-24-12-8-4)34(33)45-28-16-14-13-15-27(28)37/h13-20H,5-12,21-24,37H2,1-4H3,(H3,38,39,40). The Morgan fingerprint density at radius 3 is 1.84 bits per heavy atom. The van der Waals surface area contributed by atoms with Crippen LogP contribution in [0.2, 0.25) is 0 Å². The number of unbranched alkanes of at least 4 members (excludes halogenated alkanes) is 4. The number of fused-ring (bicyclic) bond motifs is 1. The number of hydrogen-bond acceptors (Lipinski definition) is 8. The Morgan fingerprint density at radius 1 is 0.711 bits per heavy atom. The van der Waals surface area contributed by atoms with Gasteiger partial charge < -0.3 is 25.8 Å². The van der Waals surface area contributed by atoms with Crippen LogP contribution in [0, 0.1) is 5.41 Å². The molecule has 3 aromatic carbocycles. The molecule has 0 amide bonds. The van der Waals surface area contributed by atoms with E-state index in [1.165, 1.54) is 31.4 Å². The molecule has 0 aliphatic carbocycles. The first-order valence-corrected chi connectivity index (χ1v) is 18.0. The second-order valence-electron chi connectivity index (χ2n) is 11.2. The molecule has 5 N–H and O–H groups in total. The first-order valence-electron chi connectivity index (χ1n) is 16.4. The molecule has 242 valence electrons. The Bertz CT molecular complexity index is 1450. The van der Waals surface area contributed by atoms with Gasteiger partial charge in [-0.3, -0.25) is 5.41 Å². The Labute approximate surface area is 278 Å². The van der Waals surface area contributed by atoms with Gasteiger partial charge >= 0.3 is 0 Å². The monoisotopic (exact) mass is 647 g/mol. The summed E-state index contributed by atoms with van der Waals surface area (Å²) in [6.45, 7) is 11.9. The van der Waals surface area contributed by atoms with Gasteiger partial charge in [-0.15, -0.1) is 0 Å². The summed E-state index contributed by atoms with van der Waals surface area (Å²) in [6, 6.07) is 16.7. The molecule has 0 aromatic heterocycles. The predicted octanol–water partition coefficient (Wildman–Crippen LogP) is 9.38. The zero-order valence-corrected chi connectivity index (χ0v) is 28.9. The predicted molar refractivity (Wildman–Crippen MR) is 192 cm³/mol. The molecule has 7 nitrogen and oxygen atoms in total. The lowest BCUT2D eigenvalue weighted by molar-refractivity contribution is 0.287. The van der Waals surface area contributed by atoms with Crippen LogP contribution in [0.1, 0.15) is 90.2 Å². The first kappa shape index (κ1) is 34.6. The fourth-order valence-electron chi connectivity index (χ4n) is 5.06. The third-order valence-electron chi connectivity index (χ3n) is 7.65. The van der Waals surface area contributed by atoms with E-state index in [0.717, 1.165) is 58.4 Å². The molecule has 0 saturated carbocycles. The maximum Gasteiger partial charge on any atom is 0.158 e. The molecule has 0 bridgehead atoms. The Kier molecular flexibility index (Phi) is 13.4. The molecule has 4 rings (SSSR count). The van der Waals surface area contributed by atoms with E-state index in [9.17, 15) is 0 Å². The number of amidine groups is 2. The molecule has 1 heterocycles. The number of nitrogens with zero attached hydrogens (tertiary/aromatic N) is 2. The Morgan fingerprint density at radius 2 is 1.27 bits per heavy atom. The van der Waals surface area contributed by atoms with E-state index in [1.54, 1.807) is 23.5 Å². The van der Waals surface area contributed by atoms with Crippen LogP contribution in [0.4, 0.5) is 11.4 Å². The number of nitrogen functional groups attached to an aromatic ring is 1. The highest BCUT2D eigenvalue weighted by Gasteiger charge is 2.35. The number of anilines is 2. The molecule has 0 unspecified atom stereocenters. The maximum absolute atomic E-state index is 8.84. The number of aliphatic imine (C=N–C) groups is 1. The van der Waals surface area contributed by atoms with Crippen molar-refractivity contribution in [2.24, 2.45) is 10.7 Å². The summed E-state index contributed by atoms with van der Waals surface area (Å²) in [6.07, 6.45) is 8.48. The highest BCUT2D eigenvalue weighted by Crippen LogP contribution is 2.54. The van der Waals surface area contributed by atoms with Crippen molar-refractivity contribution in [3.8, 4) is 11.5 Å². The maximum atomic E-state index is 8.84. The normalized spacial score (nSPS) is 12.3. The smallest absolute Gasteiger partial charge is 0.158 e. The molecule has 0 fully saturated rings. The van der Waals surface area contributed by atoms with Crippen molar-refractivity contribution in [1.29, 1.82) is 5.41 Å². The minimum atomic E-state index is 0.102. The summed E-state index contributed by atoms with van der Waals surface area (Å²) in [5, 5.41) is 8.84. The average molecular weight is 648 g/mol. The number of rotatable bonds is 19. The van der Waals surface area contributed by atoms with Crippen LogP contribution in [0.5, 0.6) is 11.5 Å². The van der Waals surface area contributed by atoms with Gasteiger partial charge in [-0.2, -0.15) is 0 Å². The van der Waals surface area contributed by atoms with Crippen LogP contribution < -0.4 is 25.8 Å². The van der Waals surface area contributed by atoms with Crippen molar-refractivity contribution < 1.29 is 9.47 Å². The van der Waals surface area contributed by atoms with Crippen molar-refractivity contribution >= 4 is 46.6 Å². The van der Waals surface area contributed by atoms with Gasteiger partial charge in [0.2, 0.25) is 0 Å². The van der Waals surface area contributed by atoms with Gasteiger partial charge in [0.25, 0.3) is 0 Å². The number of para-hydroxylation sites is 1. The molecule has 9 heteroatoms. The van der Waals surface area contributed by atoms with Crippen molar-refractivity contribution in [2.75, 3.05) is 36.9 Å². The summed E-state index contributed by atoms with van der Waals surface area (Å²) < 4.78 is 13.1. The molecular formula is C36H49N5O2S2. The zero-order chi connectivity index (χ0) is 32.2. The molecule has 0 atom stereocenters. The van der Waals surface area contributed by atoms with Gasteiger partial charge in [0.05, 0.1) is 34.1 Å². The summed E-state index contributed by atoms with van der Waals surface area (Å²) in [7, 11) is 0. The topological polar surface area (TPSA) is 110 Å². The summed E-state index contributed by atoms with van der Waals surface area (Å²) in [4.78, 5) is 10.7. The second kappa shape index (κ2) is 17.4. The molecule has 1 aliphatic heterocycles. The lowest BCUT2D eigenvalue weighted by atomic mass is 10.1. The number of nitrogens with one attached hydrogen (secondary N) is 1. The highest BCUT2D eigenvalue weighted by molar-refractivity contribution is 8.02. The van der Waals surface area contributed by atoms with Crippen molar-refractivity contribution in [3.05, 3.63) is 59.7 Å². The van der Waals surface area contributed by atoms with Gasteiger partial charge in [0, 0.05) is 34.3 Å². The molecule has 0 spiro atoms. The number of ether oxygens (including phenoxy) is 2. The zero-order valence-electron chi connectivity index (χ0n) is 27.3. The van der Waals surface area contributed by atoms with E-state index in [2.05, 4.69) is 61.9 Å². The lowest BCUT2D eigenvalue weighted by Gasteiger charge is -2.25. The van der Waals surface area contributed by atoms with Gasteiger partial charge in [-0.1, -0.05) is 89.0 Å². The van der Waals surface area contributed by atoms with E-state index < -0.39 is 0 Å². The van der Waals surface area contributed by atoms with Crippen LogP contribution in [0.25, 0.3) is 0 Å². The average Bonchev–Trinajstić information content (AvgIpc) is 3.34. The van der Waals surface area contributed by atoms with Crippen LogP contribution in [-0.2, 0) is 0 Å². The van der Waals surface area contributed by atoms with Crippen LogP contribution in [0.3, 0.4) is 0 Å². The first-order chi connectivity index (χ1) is 21.9. The highest BCUT2D eigenvalue weighted by atomic mass is 32.2. The molecule has 0 radical (unpaired) electrons. The fraction of sp³-hybridized carbons (Fsp3) is 0.444. The number of benzene rings is 3. The van der Waals surface area contributed by atoms with Crippen molar-refractivity contribution in [3.63, 3.8) is 0 Å². The van der Waals surface area contributed by atoms with Gasteiger partial charge in [0.15, 0.2) is 5.84 Å².